The van der Waals surface area contributed by atoms with E-state index in [1.54, 1.807) is 6.92 Å². The first-order valence-corrected chi connectivity index (χ1v) is 5.23. The summed E-state index contributed by atoms with van der Waals surface area (Å²) in [4.78, 5) is 0. The van der Waals surface area contributed by atoms with Crippen LogP contribution in [-0.2, 0) is 0 Å². The molecule has 0 aliphatic carbocycles. The molecular formula is C11H25NO. The molecule has 1 rings (SSSR count). The summed E-state index contributed by atoms with van der Waals surface area (Å²) in [5, 5.41) is 11.2. The summed E-state index contributed by atoms with van der Waals surface area (Å²) in [6.07, 6.45) is 4.00. The van der Waals surface area contributed by atoms with Crippen molar-refractivity contribution < 1.29 is 5.11 Å². The molecule has 80 valence electrons. The molecule has 1 heterocycles. The average Bonchev–Trinajstić information content (AvgIpc) is 1.82. The minimum Gasteiger partial charge on any atom is -0.397 e. The molecule has 0 saturated carbocycles. The summed E-state index contributed by atoms with van der Waals surface area (Å²) in [5.74, 6) is 0. The Morgan fingerprint density at radius 3 is 1.54 bits per heavy atom. The highest BCUT2D eigenvalue weighted by Gasteiger charge is 2.31. The zero-order valence-electron chi connectivity index (χ0n) is 9.78. The molecule has 1 aliphatic rings. The van der Waals surface area contributed by atoms with Gasteiger partial charge in [0.05, 0.1) is 0 Å². The lowest BCUT2D eigenvalue weighted by Gasteiger charge is -2.42. The summed E-state index contributed by atoms with van der Waals surface area (Å²) in [6.45, 7) is 11.1. The van der Waals surface area contributed by atoms with Crippen LogP contribution in [0.2, 0.25) is 0 Å². The van der Waals surface area contributed by atoms with Crippen LogP contribution < -0.4 is 5.32 Å². The summed E-state index contributed by atoms with van der Waals surface area (Å²) in [7, 11) is 0. The van der Waals surface area contributed by atoms with E-state index in [1.165, 1.54) is 19.3 Å². The molecule has 2 nitrogen and oxygen atoms in total. The van der Waals surface area contributed by atoms with Crippen molar-refractivity contribution in [1.82, 2.24) is 5.32 Å². The van der Waals surface area contributed by atoms with Gasteiger partial charge in [-0.05, 0) is 53.9 Å². The Hall–Kier alpha value is -0.0800. The zero-order chi connectivity index (χ0) is 10.5. The summed E-state index contributed by atoms with van der Waals surface area (Å²) in [6, 6.07) is 0. The van der Waals surface area contributed by atoms with Gasteiger partial charge in [0.25, 0.3) is 0 Å². The van der Waals surface area contributed by atoms with E-state index in [2.05, 4.69) is 33.0 Å². The standard InChI is InChI=1S/C9H19N.C2H6O/c1-8(2)6-5-7-9(3,4)10-8;1-2-3/h10H,5-7H2,1-4H3;3H,2H2,1H3. The van der Waals surface area contributed by atoms with Crippen molar-refractivity contribution in [2.45, 2.75) is 65.0 Å². The van der Waals surface area contributed by atoms with Crippen molar-refractivity contribution in [2.24, 2.45) is 0 Å². The molecule has 0 aromatic carbocycles. The molecular weight excluding hydrogens is 162 g/mol. The van der Waals surface area contributed by atoms with Crippen molar-refractivity contribution in [1.29, 1.82) is 0 Å². The number of hydrogen-bond donors (Lipinski definition) is 2. The van der Waals surface area contributed by atoms with Crippen molar-refractivity contribution in [3.63, 3.8) is 0 Å². The predicted molar refractivity (Wildman–Crippen MR) is 57.9 cm³/mol. The van der Waals surface area contributed by atoms with E-state index in [0.29, 0.717) is 11.1 Å². The molecule has 0 spiro atoms. The van der Waals surface area contributed by atoms with Gasteiger partial charge < -0.3 is 10.4 Å². The Bertz CT molecular complexity index is 127. The lowest BCUT2D eigenvalue weighted by atomic mass is 9.83. The summed E-state index contributed by atoms with van der Waals surface area (Å²) < 4.78 is 0. The summed E-state index contributed by atoms with van der Waals surface area (Å²) in [5.41, 5.74) is 0.726. The van der Waals surface area contributed by atoms with Gasteiger partial charge in [-0.15, -0.1) is 0 Å². The smallest absolute Gasteiger partial charge is 0.0402 e. The Kier molecular flexibility index (Phi) is 4.93. The van der Waals surface area contributed by atoms with Gasteiger partial charge in [0.1, 0.15) is 0 Å². The SMILES string of the molecule is CC1(C)CCCC(C)(C)N1.CCO. The van der Waals surface area contributed by atoms with E-state index in [9.17, 15) is 0 Å². The highest BCUT2D eigenvalue weighted by atomic mass is 16.2. The Balaban J connectivity index is 0.000000424. The second-order valence-electron chi connectivity index (χ2n) is 5.06. The van der Waals surface area contributed by atoms with Gasteiger partial charge in [0.15, 0.2) is 0 Å². The molecule has 0 amide bonds. The first-order chi connectivity index (χ1) is 5.83. The van der Waals surface area contributed by atoms with Crippen molar-refractivity contribution in [2.75, 3.05) is 6.61 Å². The van der Waals surface area contributed by atoms with Crippen LogP contribution in [0.4, 0.5) is 0 Å². The number of aliphatic hydroxyl groups is 1. The third-order valence-electron chi connectivity index (χ3n) is 2.28. The molecule has 0 bridgehead atoms. The lowest BCUT2D eigenvalue weighted by molar-refractivity contribution is 0.183. The molecule has 0 atom stereocenters. The molecule has 1 saturated heterocycles. The molecule has 0 unspecified atom stereocenters. The number of nitrogens with one attached hydrogen (secondary N) is 1. The van der Waals surface area contributed by atoms with Crippen LogP contribution in [0.1, 0.15) is 53.9 Å². The number of rotatable bonds is 0. The third-order valence-corrected chi connectivity index (χ3v) is 2.28. The van der Waals surface area contributed by atoms with Crippen LogP contribution in [0.5, 0.6) is 0 Å². The molecule has 13 heavy (non-hydrogen) atoms. The van der Waals surface area contributed by atoms with Crippen molar-refractivity contribution in [3.05, 3.63) is 0 Å². The van der Waals surface area contributed by atoms with Crippen LogP contribution in [0.15, 0.2) is 0 Å². The Morgan fingerprint density at radius 2 is 1.38 bits per heavy atom. The van der Waals surface area contributed by atoms with E-state index >= 15 is 0 Å². The van der Waals surface area contributed by atoms with Crippen LogP contribution in [0.25, 0.3) is 0 Å². The number of aliphatic hydroxyl groups excluding tert-OH is 1. The van der Waals surface area contributed by atoms with Crippen LogP contribution >= 0.6 is 0 Å². The molecule has 2 N–H and O–H groups in total. The minimum atomic E-state index is 0.250. The van der Waals surface area contributed by atoms with E-state index in [-0.39, 0.29) is 6.61 Å². The molecule has 1 fully saturated rings. The maximum Gasteiger partial charge on any atom is 0.0402 e. The van der Waals surface area contributed by atoms with Gasteiger partial charge in [-0.3, -0.25) is 0 Å². The van der Waals surface area contributed by atoms with E-state index in [0.717, 1.165) is 0 Å². The van der Waals surface area contributed by atoms with Crippen LogP contribution in [-0.4, -0.2) is 22.8 Å². The van der Waals surface area contributed by atoms with Gasteiger partial charge in [-0.2, -0.15) is 0 Å². The molecule has 0 aromatic rings. The Labute approximate surface area is 82.7 Å². The lowest BCUT2D eigenvalue weighted by Crippen LogP contribution is -2.55. The minimum absolute atomic E-state index is 0.250. The van der Waals surface area contributed by atoms with Gasteiger partial charge in [0.2, 0.25) is 0 Å². The zero-order valence-corrected chi connectivity index (χ0v) is 9.78. The number of piperidine rings is 1. The van der Waals surface area contributed by atoms with Crippen molar-refractivity contribution >= 4 is 0 Å². The maximum absolute atomic E-state index is 7.57. The maximum atomic E-state index is 7.57. The predicted octanol–water partition coefficient (Wildman–Crippen LogP) is 2.32. The van der Waals surface area contributed by atoms with E-state index in [4.69, 9.17) is 5.11 Å². The second-order valence-corrected chi connectivity index (χ2v) is 5.06. The summed E-state index contributed by atoms with van der Waals surface area (Å²) >= 11 is 0. The van der Waals surface area contributed by atoms with Crippen molar-refractivity contribution in [3.8, 4) is 0 Å². The molecule has 0 aromatic heterocycles. The fourth-order valence-electron chi connectivity index (χ4n) is 2.01. The van der Waals surface area contributed by atoms with Gasteiger partial charge >= 0.3 is 0 Å². The Morgan fingerprint density at radius 1 is 1.08 bits per heavy atom. The highest BCUT2D eigenvalue weighted by Crippen LogP contribution is 2.27. The first-order valence-electron chi connectivity index (χ1n) is 5.23. The first kappa shape index (κ1) is 12.9. The fraction of sp³-hybridized carbons (Fsp3) is 1.00. The topological polar surface area (TPSA) is 32.3 Å². The normalized spacial score (nSPS) is 24.5. The number of hydrogen-bond acceptors (Lipinski definition) is 2. The van der Waals surface area contributed by atoms with Gasteiger partial charge in [0, 0.05) is 17.7 Å². The van der Waals surface area contributed by atoms with E-state index < -0.39 is 0 Å². The molecule has 0 radical (unpaired) electrons. The van der Waals surface area contributed by atoms with Gasteiger partial charge in [-0.25, -0.2) is 0 Å². The molecule has 2 heteroatoms. The fourth-order valence-corrected chi connectivity index (χ4v) is 2.01. The van der Waals surface area contributed by atoms with E-state index in [1.807, 2.05) is 0 Å². The van der Waals surface area contributed by atoms with Crippen LogP contribution in [0, 0.1) is 0 Å². The largest absolute Gasteiger partial charge is 0.397 e. The second kappa shape index (κ2) is 4.97. The highest BCUT2D eigenvalue weighted by molar-refractivity contribution is 4.92. The van der Waals surface area contributed by atoms with Crippen LogP contribution in [0.3, 0.4) is 0 Å². The molecule has 1 aliphatic heterocycles. The van der Waals surface area contributed by atoms with Gasteiger partial charge in [-0.1, -0.05) is 0 Å². The average molecular weight is 187 g/mol. The quantitative estimate of drug-likeness (QED) is 0.610. The third kappa shape index (κ3) is 6.05. The monoisotopic (exact) mass is 187 g/mol.